The molecule has 0 saturated carbocycles. The van der Waals surface area contributed by atoms with Gasteiger partial charge in [0.2, 0.25) is 5.91 Å². The van der Waals surface area contributed by atoms with E-state index in [1.54, 1.807) is 0 Å². The molecule has 1 aromatic carbocycles. The van der Waals surface area contributed by atoms with Crippen LogP contribution in [0.15, 0.2) is 34.9 Å². The number of aromatic nitrogens is 1. The number of piperidine rings is 1. The maximum absolute atomic E-state index is 12.7. The predicted octanol–water partition coefficient (Wildman–Crippen LogP) is 3.35. The first-order valence-electron chi connectivity index (χ1n) is 9.48. The Balaban J connectivity index is 1.53. The number of carbonyl (C=O) groups excluding carboxylic acids is 1. The second-order valence-electron chi connectivity index (χ2n) is 7.34. The lowest BCUT2D eigenvalue weighted by atomic mass is 10.0. The molecule has 5 nitrogen and oxygen atoms in total. The van der Waals surface area contributed by atoms with Crippen LogP contribution in [0.1, 0.15) is 41.8 Å². The number of nitrogens with zero attached hydrogens (tertiary/aromatic N) is 3. The van der Waals surface area contributed by atoms with E-state index in [1.165, 1.54) is 5.56 Å². The number of rotatable bonds is 6. The molecular weight excluding hydrogens is 326 g/mol. The van der Waals surface area contributed by atoms with Gasteiger partial charge in [0.25, 0.3) is 0 Å². The van der Waals surface area contributed by atoms with Crippen molar-refractivity contribution in [3.63, 3.8) is 0 Å². The summed E-state index contributed by atoms with van der Waals surface area (Å²) in [7, 11) is 2.16. The highest BCUT2D eigenvalue weighted by atomic mass is 16.5. The summed E-state index contributed by atoms with van der Waals surface area (Å²) in [5.41, 5.74) is 3.29. The largest absolute Gasteiger partial charge is 0.361 e. The summed E-state index contributed by atoms with van der Waals surface area (Å²) in [5, 5.41) is 3.98. The molecule has 0 radical (unpaired) electrons. The Morgan fingerprint density at radius 3 is 2.77 bits per heavy atom. The van der Waals surface area contributed by atoms with Gasteiger partial charge in [-0.3, -0.25) is 9.69 Å². The van der Waals surface area contributed by atoms with E-state index in [-0.39, 0.29) is 5.91 Å². The van der Waals surface area contributed by atoms with Crippen molar-refractivity contribution in [2.24, 2.45) is 0 Å². The van der Waals surface area contributed by atoms with Crippen LogP contribution in [0.2, 0.25) is 0 Å². The summed E-state index contributed by atoms with van der Waals surface area (Å²) in [6.45, 7) is 6.47. The molecule has 26 heavy (non-hydrogen) atoms. The van der Waals surface area contributed by atoms with Crippen LogP contribution in [-0.2, 0) is 17.8 Å². The van der Waals surface area contributed by atoms with Crippen molar-refractivity contribution in [2.75, 3.05) is 20.1 Å². The minimum Gasteiger partial charge on any atom is -0.361 e. The van der Waals surface area contributed by atoms with Crippen LogP contribution in [0.25, 0.3) is 0 Å². The van der Waals surface area contributed by atoms with Crippen molar-refractivity contribution in [1.82, 2.24) is 15.0 Å². The second kappa shape index (κ2) is 8.49. The molecule has 0 N–H and O–H groups in total. The van der Waals surface area contributed by atoms with Gasteiger partial charge in [-0.2, -0.15) is 0 Å². The summed E-state index contributed by atoms with van der Waals surface area (Å²) in [4.78, 5) is 17.1. The monoisotopic (exact) mass is 355 g/mol. The number of hydrogen-bond donors (Lipinski definition) is 0. The second-order valence-corrected chi connectivity index (χ2v) is 7.34. The highest BCUT2D eigenvalue weighted by molar-refractivity contribution is 5.76. The molecule has 5 heteroatoms. The van der Waals surface area contributed by atoms with Crippen LogP contribution in [0.4, 0.5) is 0 Å². The first kappa shape index (κ1) is 18.6. The van der Waals surface area contributed by atoms with Crippen molar-refractivity contribution in [3.8, 4) is 0 Å². The van der Waals surface area contributed by atoms with Crippen LogP contribution >= 0.6 is 0 Å². The van der Waals surface area contributed by atoms with Crippen LogP contribution in [0.5, 0.6) is 0 Å². The van der Waals surface area contributed by atoms with E-state index in [1.807, 2.05) is 24.8 Å². The third-order valence-electron chi connectivity index (χ3n) is 5.42. The van der Waals surface area contributed by atoms with Gasteiger partial charge in [-0.25, -0.2) is 0 Å². The number of hydrogen-bond acceptors (Lipinski definition) is 4. The van der Waals surface area contributed by atoms with E-state index >= 15 is 0 Å². The van der Waals surface area contributed by atoms with Gasteiger partial charge in [-0.05, 0) is 45.7 Å². The van der Waals surface area contributed by atoms with Crippen LogP contribution in [-0.4, -0.2) is 47.0 Å². The first-order chi connectivity index (χ1) is 12.5. The highest BCUT2D eigenvalue weighted by Gasteiger charge is 2.26. The van der Waals surface area contributed by atoms with E-state index < -0.39 is 0 Å². The average molecular weight is 355 g/mol. The zero-order valence-electron chi connectivity index (χ0n) is 16.1. The van der Waals surface area contributed by atoms with Crippen LogP contribution < -0.4 is 0 Å². The Morgan fingerprint density at radius 2 is 2.08 bits per heavy atom. The minimum absolute atomic E-state index is 0.239. The van der Waals surface area contributed by atoms with Gasteiger partial charge in [-0.1, -0.05) is 35.5 Å². The number of likely N-dealkylation sites (tertiary alicyclic amines) is 1. The molecule has 1 saturated heterocycles. The smallest absolute Gasteiger partial charge is 0.222 e. The van der Waals surface area contributed by atoms with Crippen molar-refractivity contribution in [1.29, 1.82) is 0 Å². The summed E-state index contributed by atoms with van der Waals surface area (Å²) >= 11 is 0. The molecule has 3 rings (SSSR count). The molecule has 1 aliphatic rings. The third-order valence-corrected chi connectivity index (χ3v) is 5.42. The van der Waals surface area contributed by atoms with E-state index in [2.05, 4.69) is 41.4 Å². The lowest BCUT2D eigenvalue weighted by molar-refractivity contribution is -0.133. The number of carbonyl (C=O) groups is 1. The van der Waals surface area contributed by atoms with Crippen molar-refractivity contribution in [2.45, 2.75) is 52.1 Å². The number of benzene rings is 1. The molecule has 0 bridgehead atoms. The van der Waals surface area contributed by atoms with E-state index in [0.29, 0.717) is 18.9 Å². The molecule has 2 aromatic rings. The van der Waals surface area contributed by atoms with E-state index in [9.17, 15) is 4.79 Å². The summed E-state index contributed by atoms with van der Waals surface area (Å²) < 4.78 is 5.20. The topological polar surface area (TPSA) is 49.6 Å². The fourth-order valence-electron chi connectivity index (χ4n) is 3.79. The number of aryl methyl sites for hydroxylation is 2. The van der Waals surface area contributed by atoms with Gasteiger partial charge < -0.3 is 9.42 Å². The fourth-order valence-corrected chi connectivity index (χ4v) is 3.79. The van der Waals surface area contributed by atoms with Gasteiger partial charge in [0.1, 0.15) is 5.76 Å². The van der Waals surface area contributed by atoms with Crippen molar-refractivity contribution in [3.05, 3.63) is 52.9 Å². The minimum atomic E-state index is 0.239. The molecule has 1 amide bonds. The molecule has 1 atom stereocenters. The quantitative estimate of drug-likeness (QED) is 0.797. The molecule has 1 unspecified atom stereocenters. The Labute approximate surface area is 156 Å². The predicted molar refractivity (Wildman–Crippen MR) is 102 cm³/mol. The Kier molecular flexibility index (Phi) is 6.09. The molecule has 140 valence electrons. The van der Waals surface area contributed by atoms with Gasteiger partial charge >= 0.3 is 0 Å². The normalized spacial score (nSPS) is 17.7. The number of likely N-dealkylation sites (N-methyl/N-ethyl adjacent to an activating group) is 1. The standard InChI is InChI=1S/C21H29N3O2/c1-16-20(17(2)26-22-16)11-12-21(25)24-13-7-10-19(15-24)23(3)14-18-8-5-4-6-9-18/h4-6,8-9,19H,7,10-15H2,1-3H3. The SMILES string of the molecule is Cc1noc(C)c1CCC(=O)N1CCCC(N(C)Cc2ccccc2)C1. The molecule has 0 spiro atoms. The Bertz CT molecular complexity index is 707. The van der Waals surface area contributed by atoms with Crippen molar-refractivity contribution >= 4 is 5.91 Å². The lowest BCUT2D eigenvalue weighted by Crippen LogP contribution is -2.48. The van der Waals surface area contributed by atoms with E-state index in [0.717, 1.165) is 49.5 Å². The summed E-state index contributed by atoms with van der Waals surface area (Å²) in [5.74, 6) is 1.07. The maximum atomic E-state index is 12.7. The van der Waals surface area contributed by atoms with Crippen LogP contribution in [0, 0.1) is 13.8 Å². The third kappa shape index (κ3) is 4.52. The molecule has 1 aliphatic heterocycles. The summed E-state index contributed by atoms with van der Waals surface area (Å²) in [6.07, 6.45) is 3.46. The molecular formula is C21H29N3O2. The Morgan fingerprint density at radius 1 is 1.31 bits per heavy atom. The van der Waals surface area contributed by atoms with Gasteiger partial charge in [0, 0.05) is 37.7 Å². The van der Waals surface area contributed by atoms with Crippen LogP contribution in [0.3, 0.4) is 0 Å². The molecule has 1 fully saturated rings. The van der Waals surface area contributed by atoms with Crippen molar-refractivity contribution < 1.29 is 9.32 Å². The van der Waals surface area contributed by atoms with Gasteiger partial charge in [0.05, 0.1) is 5.69 Å². The van der Waals surface area contributed by atoms with Gasteiger partial charge in [0.15, 0.2) is 0 Å². The number of amides is 1. The zero-order chi connectivity index (χ0) is 18.5. The average Bonchev–Trinajstić information content (AvgIpc) is 2.98. The highest BCUT2D eigenvalue weighted by Crippen LogP contribution is 2.19. The first-order valence-corrected chi connectivity index (χ1v) is 9.48. The fraction of sp³-hybridized carbons (Fsp3) is 0.524. The Hall–Kier alpha value is -2.14. The summed E-state index contributed by atoms with van der Waals surface area (Å²) in [6, 6.07) is 10.9. The van der Waals surface area contributed by atoms with Gasteiger partial charge in [-0.15, -0.1) is 0 Å². The maximum Gasteiger partial charge on any atom is 0.222 e. The molecule has 2 heterocycles. The molecule has 0 aliphatic carbocycles. The van der Waals surface area contributed by atoms with E-state index in [4.69, 9.17) is 4.52 Å². The zero-order valence-corrected chi connectivity index (χ0v) is 16.1. The lowest BCUT2D eigenvalue weighted by Gasteiger charge is -2.37. The molecule has 1 aromatic heterocycles.